The normalized spacial score (nSPS) is 19.2. The maximum atomic E-state index is 15.0. The van der Waals surface area contributed by atoms with E-state index in [9.17, 15) is 8.78 Å². The highest BCUT2D eigenvalue weighted by molar-refractivity contribution is 5.31. The predicted octanol–water partition coefficient (Wildman–Crippen LogP) is 9.17. The first kappa shape index (κ1) is 24.6. The minimum Gasteiger partial charge on any atom is -0.207 e. The average molecular weight is 461 g/mol. The van der Waals surface area contributed by atoms with Crippen molar-refractivity contribution < 1.29 is 8.78 Å². The second-order valence-corrected chi connectivity index (χ2v) is 10.3. The van der Waals surface area contributed by atoms with Crippen LogP contribution in [0.2, 0.25) is 0 Å². The summed E-state index contributed by atoms with van der Waals surface area (Å²) < 4.78 is 29.9. The minimum atomic E-state index is -0.383. The molecular weight excluding hydrogens is 422 g/mol. The van der Waals surface area contributed by atoms with Gasteiger partial charge in [-0.2, -0.15) is 0 Å². The van der Waals surface area contributed by atoms with Crippen LogP contribution in [0.4, 0.5) is 8.78 Å². The summed E-state index contributed by atoms with van der Waals surface area (Å²) in [4.78, 5) is 0. The lowest BCUT2D eigenvalue weighted by Crippen LogP contribution is -2.15. The molecule has 0 radical (unpaired) electrons. The third kappa shape index (κ3) is 6.34. The lowest BCUT2D eigenvalue weighted by molar-refractivity contribution is 0.309. The molecule has 34 heavy (non-hydrogen) atoms. The summed E-state index contributed by atoms with van der Waals surface area (Å²) in [7, 11) is 0. The summed E-state index contributed by atoms with van der Waals surface area (Å²) in [5.74, 6) is 0.300. The molecule has 2 heteroatoms. The molecule has 0 nitrogen and oxygen atoms in total. The first-order valence-electron chi connectivity index (χ1n) is 13.1. The van der Waals surface area contributed by atoms with Gasteiger partial charge in [0.05, 0.1) is 0 Å². The maximum Gasteiger partial charge on any atom is 0.129 e. The quantitative estimate of drug-likeness (QED) is 0.298. The van der Waals surface area contributed by atoms with Crippen molar-refractivity contribution in [2.75, 3.05) is 0 Å². The minimum absolute atomic E-state index is 0.0781. The van der Waals surface area contributed by atoms with Gasteiger partial charge in [-0.15, -0.1) is 0 Å². The van der Waals surface area contributed by atoms with Crippen molar-refractivity contribution in [1.82, 2.24) is 0 Å². The Balaban J connectivity index is 1.30. The van der Waals surface area contributed by atoms with Gasteiger partial charge in [0.25, 0.3) is 0 Å². The summed E-state index contributed by atoms with van der Waals surface area (Å²) in [5, 5.41) is 0. The van der Waals surface area contributed by atoms with E-state index < -0.39 is 0 Å². The fraction of sp³-hybridized carbons (Fsp3) is 0.438. The number of halogens is 2. The highest BCUT2D eigenvalue weighted by Crippen LogP contribution is 2.38. The van der Waals surface area contributed by atoms with E-state index in [1.54, 1.807) is 12.1 Å². The summed E-state index contributed by atoms with van der Waals surface area (Å²) in [6.45, 7) is 4.25. The van der Waals surface area contributed by atoms with E-state index in [1.807, 2.05) is 37.3 Å². The Morgan fingerprint density at radius 2 is 1.38 bits per heavy atom. The van der Waals surface area contributed by atoms with Crippen LogP contribution in [0.15, 0.2) is 66.7 Å². The molecule has 0 spiro atoms. The Bertz CT molecular complexity index is 1010. The van der Waals surface area contributed by atoms with Crippen LogP contribution in [-0.2, 0) is 19.3 Å². The van der Waals surface area contributed by atoms with Crippen LogP contribution in [0.25, 0.3) is 0 Å². The average Bonchev–Trinajstić information content (AvgIpc) is 2.86. The molecule has 1 aliphatic carbocycles. The Hall–Kier alpha value is -2.48. The SMILES string of the molecule is CCCc1ccc(CCC2CCC(c3cc(F)c(C[C@H](C)c4ccccc4)c(F)c3)CC2)cc1. The highest BCUT2D eigenvalue weighted by Gasteiger charge is 2.24. The second kappa shape index (κ2) is 11.8. The molecule has 3 aromatic carbocycles. The molecule has 0 unspecified atom stereocenters. The van der Waals surface area contributed by atoms with Gasteiger partial charge in [0.2, 0.25) is 0 Å². The molecule has 0 heterocycles. The molecule has 0 aliphatic heterocycles. The van der Waals surface area contributed by atoms with Gasteiger partial charge in [0.15, 0.2) is 0 Å². The van der Waals surface area contributed by atoms with Crippen LogP contribution < -0.4 is 0 Å². The molecule has 4 rings (SSSR count). The van der Waals surface area contributed by atoms with Crippen LogP contribution >= 0.6 is 0 Å². The molecule has 0 aromatic heterocycles. The molecule has 180 valence electrons. The van der Waals surface area contributed by atoms with Crippen molar-refractivity contribution in [3.8, 4) is 0 Å². The molecule has 0 amide bonds. The number of benzene rings is 3. The Kier molecular flexibility index (Phi) is 8.53. The van der Waals surface area contributed by atoms with E-state index in [-0.39, 0.29) is 29.0 Å². The maximum absolute atomic E-state index is 15.0. The third-order valence-corrected chi connectivity index (χ3v) is 7.76. The monoisotopic (exact) mass is 460 g/mol. The van der Waals surface area contributed by atoms with Crippen molar-refractivity contribution in [2.24, 2.45) is 5.92 Å². The van der Waals surface area contributed by atoms with Gasteiger partial charge >= 0.3 is 0 Å². The first-order chi connectivity index (χ1) is 16.5. The van der Waals surface area contributed by atoms with Crippen molar-refractivity contribution in [2.45, 2.75) is 83.5 Å². The van der Waals surface area contributed by atoms with Crippen LogP contribution in [0, 0.1) is 17.6 Å². The number of rotatable bonds is 9. The van der Waals surface area contributed by atoms with E-state index in [1.165, 1.54) is 24.0 Å². The van der Waals surface area contributed by atoms with Crippen molar-refractivity contribution in [1.29, 1.82) is 0 Å². The van der Waals surface area contributed by atoms with Gasteiger partial charge in [-0.1, -0.05) is 74.9 Å². The lowest BCUT2D eigenvalue weighted by atomic mass is 9.76. The predicted molar refractivity (Wildman–Crippen MR) is 138 cm³/mol. The fourth-order valence-electron chi connectivity index (χ4n) is 5.58. The fourth-order valence-corrected chi connectivity index (χ4v) is 5.58. The molecule has 3 aromatic rings. The summed E-state index contributed by atoms with van der Waals surface area (Å²) in [6, 6.07) is 22.3. The van der Waals surface area contributed by atoms with Gasteiger partial charge < -0.3 is 0 Å². The molecule has 1 saturated carbocycles. The zero-order chi connectivity index (χ0) is 23.9. The second-order valence-electron chi connectivity index (χ2n) is 10.3. The topological polar surface area (TPSA) is 0 Å². The number of hydrogen-bond donors (Lipinski definition) is 0. The molecule has 1 aliphatic rings. The standard InChI is InChI=1S/C32H38F2/c1-3-7-24-10-12-25(13-11-24)14-15-26-16-18-28(19-17-26)29-21-31(33)30(32(34)22-29)20-23(2)27-8-5-4-6-9-27/h4-6,8-13,21-23,26,28H,3,7,14-20H2,1-2H3/t23-,26?,28?/m0/s1. The van der Waals surface area contributed by atoms with E-state index >= 15 is 0 Å². The molecule has 0 N–H and O–H groups in total. The van der Waals surface area contributed by atoms with Crippen molar-refractivity contribution >= 4 is 0 Å². The van der Waals surface area contributed by atoms with E-state index in [0.717, 1.165) is 49.7 Å². The number of hydrogen-bond acceptors (Lipinski definition) is 0. The Morgan fingerprint density at radius 3 is 1.97 bits per heavy atom. The summed E-state index contributed by atoms with van der Waals surface area (Å²) in [5.41, 5.74) is 5.02. The largest absolute Gasteiger partial charge is 0.207 e. The Labute approximate surface area is 204 Å². The lowest BCUT2D eigenvalue weighted by Gasteiger charge is -2.29. The molecule has 1 fully saturated rings. The highest BCUT2D eigenvalue weighted by atomic mass is 19.1. The van der Waals surface area contributed by atoms with Crippen LogP contribution in [-0.4, -0.2) is 0 Å². The van der Waals surface area contributed by atoms with E-state index in [4.69, 9.17) is 0 Å². The van der Waals surface area contributed by atoms with Gasteiger partial charge in [0.1, 0.15) is 11.6 Å². The zero-order valence-corrected chi connectivity index (χ0v) is 20.7. The third-order valence-electron chi connectivity index (χ3n) is 7.76. The van der Waals surface area contributed by atoms with E-state index in [2.05, 4.69) is 31.2 Å². The van der Waals surface area contributed by atoms with Crippen LogP contribution in [0.5, 0.6) is 0 Å². The van der Waals surface area contributed by atoms with Crippen LogP contribution in [0.1, 0.15) is 92.0 Å². The van der Waals surface area contributed by atoms with E-state index in [0.29, 0.717) is 12.3 Å². The van der Waals surface area contributed by atoms with Gasteiger partial charge in [-0.25, -0.2) is 8.78 Å². The van der Waals surface area contributed by atoms with Gasteiger partial charge in [0, 0.05) is 5.56 Å². The Morgan fingerprint density at radius 1 is 0.794 bits per heavy atom. The summed E-state index contributed by atoms with van der Waals surface area (Å²) in [6.07, 6.45) is 9.40. The van der Waals surface area contributed by atoms with Crippen molar-refractivity contribution in [3.05, 3.63) is 106 Å². The molecular formula is C32H38F2. The van der Waals surface area contributed by atoms with Crippen LogP contribution in [0.3, 0.4) is 0 Å². The smallest absolute Gasteiger partial charge is 0.129 e. The summed E-state index contributed by atoms with van der Waals surface area (Å²) >= 11 is 0. The molecule has 0 saturated heterocycles. The van der Waals surface area contributed by atoms with Gasteiger partial charge in [-0.3, -0.25) is 0 Å². The van der Waals surface area contributed by atoms with Gasteiger partial charge in [-0.05, 0) is 104 Å². The molecule has 1 atom stereocenters. The zero-order valence-electron chi connectivity index (χ0n) is 20.7. The number of aryl methyl sites for hydroxylation is 2. The molecule has 0 bridgehead atoms. The first-order valence-corrected chi connectivity index (χ1v) is 13.1. The van der Waals surface area contributed by atoms with Crippen molar-refractivity contribution in [3.63, 3.8) is 0 Å².